The minimum absolute atomic E-state index is 0.756. The lowest BCUT2D eigenvalue weighted by molar-refractivity contribution is 0.316. The molecule has 1 aliphatic carbocycles. The molecular formula is C9H16N2. The van der Waals surface area contributed by atoms with Gasteiger partial charge >= 0.3 is 0 Å². The highest BCUT2D eigenvalue weighted by atomic mass is 15.1. The molecule has 1 fully saturated rings. The van der Waals surface area contributed by atoms with Gasteiger partial charge in [0.2, 0.25) is 0 Å². The molecule has 1 atom stereocenters. The molecule has 1 unspecified atom stereocenters. The topological polar surface area (TPSA) is 24.1 Å². The molecule has 2 nitrogen and oxygen atoms in total. The predicted molar refractivity (Wildman–Crippen MR) is 46.6 cm³/mol. The van der Waals surface area contributed by atoms with E-state index in [2.05, 4.69) is 22.8 Å². The Kier molecular flexibility index (Phi) is 2.24. The third-order valence-electron chi connectivity index (χ3n) is 2.52. The van der Waals surface area contributed by atoms with Crippen LogP contribution in [0.3, 0.4) is 0 Å². The molecule has 0 spiro atoms. The highest BCUT2D eigenvalue weighted by molar-refractivity contribution is 4.95. The summed E-state index contributed by atoms with van der Waals surface area (Å²) in [7, 11) is 0. The summed E-state index contributed by atoms with van der Waals surface area (Å²) < 4.78 is 0. The molecule has 0 amide bonds. The fourth-order valence-electron chi connectivity index (χ4n) is 1.68. The Bertz CT molecular complexity index is 150. The van der Waals surface area contributed by atoms with Crippen molar-refractivity contribution >= 4 is 0 Å². The molecule has 0 aromatic rings. The van der Waals surface area contributed by atoms with Gasteiger partial charge in [0.1, 0.15) is 0 Å². The van der Waals surface area contributed by atoms with E-state index in [-0.39, 0.29) is 0 Å². The van der Waals surface area contributed by atoms with Crippen molar-refractivity contribution in [1.82, 2.24) is 10.6 Å². The standard InChI is InChI=1S/C9H16N2/c1-2-4-8(5-3-1)11-9-6-10-7-9/h1-2,8-11H,3-7H2. The molecule has 0 saturated carbocycles. The summed E-state index contributed by atoms with van der Waals surface area (Å²) in [5.74, 6) is 0. The second kappa shape index (κ2) is 3.37. The van der Waals surface area contributed by atoms with Gasteiger partial charge < -0.3 is 10.6 Å². The first-order valence-electron chi connectivity index (χ1n) is 4.57. The van der Waals surface area contributed by atoms with Crippen LogP contribution in [0.1, 0.15) is 19.3 Å². The molecule has 2 aliphatic rings. The largest absolute Gasteiger partial charge is 0.314 e. The Balaban J connectivity index is 1.72. The van der Waals surface area contributed by atoms with Gasteiger partial charge in [0.05, 0.1) is 0 Å². The fraction of sp³-hybridized carbons (Fsp3) is 0.778. The molecule has 11 heavy (non-hydrogen) atoms. The van der Waals surface area contributed by atoms with Crippen molar-refractivity contribution in [2.45, 2.75) is 31.3 Å². The number of hydrogen-bond donors (Lipinski definition) is 2. The monoisotopic (exact) mass is 152 g/mol. The lowest BCUT2D eigenvalue weighted by Crippen LogP contribution is -2.58. The van der Waals surface area contributed by atoms with Crippen molar-refractivity contribution in [1.29, 1.82) is 0 Å². The van der Waals surface area contributed by atoms with Crippen LogP contribution in [-0.4, -0.2) is 25.2 Å². The summed E-state index contributed by atoms with van der Waals surface area (Å²) in [6, 6.07) is 1.51. The van der Waals surface area contributed by atoms with Crippen molar-refractivity contribution in [3.63, 3.8) is 0 Å². The zero-order valence-electron chi connectivity index (χ0n) is 6.84. The molecule has 0 aromatic heterocycles. The number of nitrogens with one attached hydrogen (secondary N) is 2. The van der Waals surface area contributed by atoms with Crippen LogP contribution in [0.25, 0.3) is 0 Å². The normalized spacial score (nSPS) is 31.8. The van der Waals surface area contributed by atoms with E-state index in [0.29, 0.717) is 0 Å². The molecule has 1 saturated heterocycles. The Hall–Kier alpha value is -0.340. The molecule has 0 radical (unpaired) electrons. The van der Waals surface area contributed by atoms with Gasteiger partial charge in [-0.15, -0.1) is 0 Å². The molecule has 2 rings (SSSR count). The Morgan fingerprint density at radius 3 is 2.64 bits per heavy atom. The second-order valence-electron chi connectivity index (χ2n) is 3.50. The minimum Gasteiger partial charge on any atom is -0.314 e. The van der Waals surface area contributed by atoms with Gasteiger partial charge in [-0.1, -0.05) is 12.2 Å². The molecule has 0 aromatic carbocycles. The molecular weight excluding hydrogens is 136 g/mol. The van der Waals surface area contributed by atoms with Gasteiger partial charge in [-0.3, -0.25) is 0 Å². The van der Waals surface area contributed by atoms with Crippen molar-refractivity contribution in [3.8, 4) is 0 Å². The third kappa shape index (κ3) is 1.82. The van der Waals surface area contributed by atoms with E-state index in [1.165, 1.54) is 32.4 Å². The number of rotatable bonds is 2. The van der Waals surface area contributed by atoms with Crippen LogP contribution in [0.2, 0.25) is 0 Å². The van der Waals surface area contributed by atoms with E-state index >= 15 is 0 Å². The number of hydrogen-bond acceptors (Lipinski definition) is 2. The van der Waals surface area contributed by atoms with Crippen molar-refractivity contribution < 1.29 is 0 Å². The maximum absolute atomic E-state index is 3.64. The molecule has 0 bridgehead atoms. The average Bonchev–Trinajstić information content (AvgIpc) is 1.99. The molecule has 2 heteroatoms. The summed E-state index contributed by atoms with van der Waals surface area (Å²) in [6.45, 7) is 2.33. The third-order valence-corrected chi connectivity index (χ3v) is 2.52. The van der Waals surface area contributed by atoms with E-state index in [1.54, 1.807) is 0 Å². The first kappa shape index (κ1) is 7.32. The van der Waals surface area contributed by atoms with Crippen molar-refractivity contribution in [2.24, 2.45) is 0 Å². The van der Waals surface area contributed by atoms with Gasteiger partial charge in [0, 0.05) is 25.2 Å². The smallest absolute Gasteiger partial charge is 0.0320 e. The maximum Gasteiger partial charge on any atom is 0.0320 e. The molecule has 1 aliphatic heterocycles. The minimum atomic E-state index is 0.756. The van der Waals surface area contributed by atoms with E-state index < -0.39 is 0 Å². The van der Waals surface area contributed by atoms with E-state index in [4.69, 9.17) is 0 Å². The van der Waals surface area contributed by atoms with Crippen molar-refractivity contribution in [2.75, 3.05) is 13.1 Å². The molecule has 62 valence electrons. The van der Waals surface area contributed by atoms with Crippen LogP contribution in [0, 0.1) is 0 Å². The van der Waals surface area contributed by atoms with Gasteiger partial charge in [-0.25, -0.2) is 0 Å². The predicted octanol–water partition coefficient (Wildman–Crippen LogP) is 0.656. The highest BCUT2D eigenvalue weighted by Crippen LogP contribution is 2.11. The lowest BCUT2D eigenvalue weighted by Gasteiger charge is -2.33. The quantitative estimate of drug-likeness (QED) is 0.568. The number of allylic oxidation sites excluding steroid dienone is 1. The first-order chi connectivity index (χ1) is 5.45. The van der Waals surface area contributed by atoms with Crippen molar-refractivity contribution in [3.05, 3.63) is 12.2 Å². The first-order valence-corrected chi connectivity index (χ1v) is 4.57. The van der Waals surface area contributed by atoms with E-state index in [9.17, 15) is 0 Å². The molecule has 2 N–H and O–H groups in total. The van der Waals surface area contributed by atoms with Gasteiger partial charge in [0.25, 0.3) is 0 Å². The highest BCUT2D eigenvalue weighted by Gasteiger charge is 2.20. The van der Waals surface area contributed by atoms with Gasteiger partial charge in [0.15, 0.2) is 0 Å². The fourth-order valence-corrected chi connectivity index (χ4v) is 1.68. The zero-order chi connectivity index (χ0) is 7.52. The average molecular weight is 152 g/mol. The van der Waals surface area contributed by atoms with Crippen LogP contribution in [0.15, 0.2) is 12.2 Å². The SMILES string of the molecule is C1=CCC(NC2CNC2)CC1. The lowest BCUT2D eigenvalue weighted by atomic mass is 10.00. The Labute approximate surface area is 68.1 Å². The Morgan fingerprint density at radius 2 is 2.09 bits per heavy atom. The molecule has 1 heterocycles. The van der Waals surface area contributed by atoms with Crippen LogP contribution < -0.4 is 10.6 Å². The van der Waals surface area contributed by atoms with Crippen LogP contribution in [0.4, 0.5) is 0 Å². The summed E-state index contributed by atoms with van der Waals surface area (Å²) >= 11 is 0. The summed E-state index contributed by atoms with van der Waals surface area (Å²) in [6.07, 6.45) is 8.41. The Morgan fingerprint density at radius 1 is 1.18 bits per heavy atom. The summed E-state index contributed by atoms with van der Waals surface area (Å²) in [5.41, 5.74) is 0. The van der Waals surface area contributed by atoms with Gasteiger partial charge in [-0.05, 0) is 19.3 Å². The van der Waals surface area contributed by atoms with Crippen LogP contribution >= 0.6 is 0 Å². The van der Waals surface area contributed by atoms with E-state index in [0.717, 1.165) is 12.1 Å². The van der Waals surface area contributed by atoms with Crippen LogP contribution in [-0.2, 0) is 0 Å². The van der Waals surface area contributed by atoms with E-state index in [1.807, 2.05) is 0 Å². The van der Waals surface area contributed by atoms with Gasteiger partial charge in [-0.2, -0.15) is 0 Å². The maximum atomic E-state index is 3.64. The van der Waals surface area contributed by atoms with Crippen LogP contribution in [0.5, 0.6) is 0 Å². The second-order valence-corrected chi connectivity index (χ2v) is 3.50. The summed E-state index contributed by atoms with van der Waals surface area (Å²) in [5, 5.41) is 6.91. The zero-order valence-corrected chi connectivity index (χ0v) is 6.84. The summed E-state index contributed by atoms with van der Waals surface area (Å²) in [4.78, 5) is 0.